The van der Waals surface area contributed by atoms with Crippen molar-refractivity contribution in [3.05, 3.63) is 45.7 Å². The van der Waals surface area contributed by atoms with Crippen LogP contribution in [0.15, 0.2) is 33.7 Å². The third kappa shape index (κ3) is 4.51. The summed E-state index contributed by atoms with van der Waals surface area (Å²) in [5.74, 6) is 0.854. The highest BCUT2D eigenvalue weighted by Crippen LogP contribution is 2.28. The van der Waals surface area contributed by atoms with Crippen LogP contribution in [-0.2, 0) is 26.4 Å². The SMILES string of the molecule is CCc1nn(C)c(CC)c1CNC(=NC)NC1CCN(c2ccccc2Br)C1. The summed E-state index contributed by atoms with van der Waals surface area (Å²) < 4.78 is 3.16. The van der Waals surface area contributed by atoms with Crippen LogP contribution >= 0.6 is 15.9 Å². The van der Waals surface area contributed by atoms with Gasteiger partial charge in [-0.3, -0.25) is 9.67 Å². The minimum atomic E-state index is 0.378. The Labute approximate surface area is 176 Å². The number of aryl methyl sites for hydroxylation is 2. The molecule has 0 bridgehead atoms. The fourth-order valence-electron chi connectivity index (χ4n) is 3.96. The van der Waals surface area contributed by atoms with Gasteiger partial charge >= 0.3 is 0 Å². The molecule has 3 rings (SSSR count). The van der Waals surface area contributed by atoms with Crippen molar-refractivity contribution in [2.45, 2.75) is 45.7 Å². The van der Waals surface area contributed by atoms with Crippen LogP contribution in [0.3, 0.4) is 0 Å². The number of rotatable bonds is 6. The number of hydrogen-bond donors (Lipinski definition) is 2. The van der Waals surface area contributed by atoms with Crippen molar-refractivity contribution < 1.29 is 0 Å². The number of benzene rings is 1. The van der Waals surface area contributed by atoms with Gasteiger partial charge in [0.15, 0.2) is 5.96 Å². The van der Waals surface area contributed by atoms with E-state index in [0.29, 0.717) is 6.04 Å². The van der Waals surface area contributed by atoms with Crippen LogP contribution in [0.4, 0.5) is 5.69 Å². The van der Waals surface area contributed by atoms with Gasteiger partial charge in [0.2, 0.25) is 0 Å². The smallest absolute Gasteiger partial charge is 0.191 e. The summed E-state index contributed by atoms with van der Waals surface area (Å²) in [6.07, 6.45) is 3.02. The van der Waals surface area contributed by atoms with Gasteiger partial charge in [0.1, 0.15) is 0 Å². The second-order valence-electron chi connectivity index (χ2n) is 7.16. The summed E-state index contributed by atoms with van der Waals surface area (Å²) in [6.45, 7) is 7.10. The Kier molecular flexibility index (Phi) is 6.99. The molecule has 2 N–H and O–H groups in total. The van der Waals surface area contributed by atoms with Gasteiger partial charge in [0.25, 0.3) is 0 Å². The lowest BCUT2D eigenvalue weighted by Gasteiger charge is -2.21. The molecule has 1 aromatic carbocycles. The Balaban J connectivity index is 1.60. The Morgan fingerprint density at radius 1 is 1.29 bits per heavy atom. The van der Waals surface area contributed by atoms with Crippen molar-refractivity contribution >= 4 is 27.6 Å². The van der Waals surface area contributed by atoms with E-state index >= 15 is 0 Å². The van der Waals surface area contributed by atoms with E-state index in [2.05, 4.69) is 79.7 Å². The van der Waals surface area contributed by atoms with Crippen molar-refractivity contribution in [1.29, 1.82) is 0 Å². The first kappa shape index (κ1) is 20.7. The van der Waals surface area contributed by atoms with Crippen molar-refractivity contribution in [1.82, 2.24) is 20.4 Å². The minimum absolute atomic E-state index is 0.378. The number of hydrogen-bond acceptors (Lipinski definition) is 3. The van der Waals surface area contributed by atoms with E-state index in [4.69, 9.17) is 0 Å². The van der Waals surface area contributed by atoms with E-state index in [1.54, 1.807) is 0 Å². The van der Waals surface area contributed by atoms with Gasteiger partial charge in [-0.2, -0.15) is 5.10 Å². The zero-order valence-electron chi connectivity index (χ0n) is 17.3. The maximum Gasteiger partial charge on any atom is 0.191 e. The number of anilines is 1. The van der Waals surface area contributed by atoms with Crippen molar-refractivity contribution in [3.63, 3.8) is 0 Å². The zero-order chi connectivity index (χ0) is 20.1. The molecule has 7 heteroatoms. The maximum atomic E-state index is 4.66. The molecule has 1 aromatic heterocycles. The standard InChI is InChI=1S/C21H31BrN6/c1-5-18-16(19(6-2)27(4)26-18)13-24-21(23-3)25-15-11-12-28(14-15)20-10-8-7-9-17(20)22/h7-10,15H,5-6,11-14H2,1-4H3,(H2,23,24,25). The first-order valence-electron chi connectivity index (χ1n) is 10.1. The summed E-state index contributed by atoms with van der Waals surface area (Å²) >= 11 is 3.66. The molecule has 0 saturated carbocycles. The van der Waals surface area contributed by atoms with Crippen LogP contribution in [0.5, 0.6) is 0 Å². The summed E-state index contributed by atoms with van der Waals surface area (Å²) in [5.41, 5.74) is 5.02. The van der Waals surface area contributed by atoms with Gasteiger partial charge in [-0.05, 0) is 47.3 Å². The second kappa shape index (κ2) is 9.45. The van der Waals surface area contributed by atoms with E-state index in [0.717, 1.165) is 49.3 Å². The molecule has 1 fully saturated rings. The summed E-state index contributed by atoms with van der Waals surface area (Å²) in [7, 11) is 3.87. The highest BCUT2D eigenvalue weighted by atomic mass is 79.9. The summed E-state index contributed by atoms with van der Waals surface area (Å²) in [6, 6.07) is 8.79. The molecule has 1 saturated heterocycles. The minimum Gasteiger partial charge on any atom is -0.368 e. The number of aliphatic imine (C=N–C) groups is 1. The Hall–Kier alpha value is -2.02. The molecule has 0 spiro atoms. The maximum absolute atomic E-state index is 4.66. The molecule has 0 amide bonds. The molecule has 6 nitrogen and oxygen atoms in total. The number of para-hydroxylation sites is 1. The molecule has 0 aliphatic carbocycles. The highest BCUT2D eigenvalue weighted by Gasteiger charge is 2.24. The third-order valence-corrected chi connectivity index (χ3v) is 6.08. The fraction of sp³-hybridized carbons (Fsp3) is 0.524. The largest absolute Gasteiger partial charge is 0.368 e. The van der Waals surface area contributed by atoms with Gasteiger partial charge in [-0.1, -0.05) is 26.0 Å². The molecular weight excluding hydrogens is 416 g/mol. The van der Waals surface area contributed by atoms with E-state index < -0.39 is 0 Å². The number of nitrogens with one attached hydrogen (secondary N) is 2. The Morgan fingerprint density at radius 3 is 2.75 bits per heavy atom. The van der Waals surface area contributed by atoms with Crippen LogP contribution in [0, 0.1) is 0 Å². The average Bonchev–Trinajstić information content (AvgIpc) is 3.28. The van der Waals surface area contributed by atoms with E-state index in [1.165, 1.54) is 22.6 Å². The van der Waals surface area contributed by atoms with Gasteiger partial charge in [0.05, 0.1) is 11.4 Å². The number of nitrogens with zero attached hydrogens (tertiary/aromatic N) is 4. The zero-order valence-corrected chi connectivity index (χ0v) is 18.9. The lowest BCUT2D eigenvalue weighted by atomic mass is 10.1. The van der Waals surface area contributed by atoms with Crippen molar-refractivity contribution in [2.75, 3.05) is 25.0 Å². The molecule has 1 atom stereocenters. The van der Waals surface area contributed by atoms with Crippen molar-refractivity contribution in [3.8, 4) is 0 Å². The molecule has 1 aliphatic rings. The van der Waals surface area contributed by atoms with Crippen LogP contribution in [0.1, 0.15) is 37.2 Å². The van der Waals surface area contributed by atoms with Crippen molar-refractivity contribution in [2.24, 2.45) is 12.0 Å². The lowest BCUT2D eigenvalue weighted by molar-refractivity contribution is 0.647. The average molecular weight is 447 g/mol. The van der Waals surface area contributed by atoms with Crippen LogP contribution in [-0.4, -0.2) is 41.9 Å². The van der Waals surface area contributed by atoms with Gasteiger partial charge in [-0.25, -0.2) is 0 Å². The van der Waals surface area contributed by atoms with E-state index in [1.807, 2.05) is 18.8 Å². The molecule has 0 radical (unpaired) electrons. The van der Waals surface area contributed by atoms with Gasteiger partial charge in [0, 0.05) is 55.5 Å². The normalized spacial score (nSPS) is 17.2. The number of guanidine groups is 1. The molecule has 1 aliphatic heterocycles. The molecule has 2 heterocycles. The van der Waals surface area contributed by atoms with Crippen LogP contribution in [0.25, 0.3) is 0 Å². The van der Waals surface area contributed by atoms with Gasteiger partial charge < -0.3 is 15.5 Å². The highest BCUT2D eigenvalue weighted by molar-refractivity contribution is 9.10. The number of halogens is 1. The first-order valence-corrected chi connectivity index (χ1v) is 10.9. The second-order valence-corrected chi connectivity index (χ2v) is 8.01. The topological polar surface area (TPSA) is 57.5 Å². The summed E-state index contributed by atoms with van der Waals surface area (Å²) in [5, 5.41) is 11.8. The Morgan fingerprint density at radius 2 is 2.07 bits per heavy atom. The van der Waals surface area contributed by atoms with Crippen LogP contribution in [0.2, 0.25) is 0 Å². The molecule has 28 heavy (non-hydrogen) atoms. The lowest BCUT2D eigenvalue weighted by Crippen LogP contribution is -2.44. The molecule has 1 unspecified atom stereocenters. The first-order chi connectivity index (χ1) is 13.6. The fourth-order valence-corrected chi connectivity index (χ4v) is 4.49. The predicted molar refractivity (Wildman–Crippen MR) is 120 cm³/mol. The summed E-state index contributed by atoms with van der Waals surface area (Å²) in [4.78, 5) is 6.86. The molecule has 2 aromatic rings. The predicted octanol–water partition coefficient (Wildman–Crippen LogP) is 3.25. The van der Waals surface area contributed by atoms with Crippen LogP contribution < -0.4 is 15.5 Å². The quantitative estimate of drug-likeness (QED) is 0.528. The molecular formula is C21H31BrN6. The third-order valence-electron chi connectivity index (χ3n) is 5.41. The number of aromatic nitrogens is 2. The monoisotopic (exact) mass is 446 g/mol. The van der Waals surface area contributed by atoms with E-state index in [-0.39, 0.29) is 0 Å². The Bertz CT molecular complexity index is 828. The molecule has 152 valence electrons. The van der Waals surface area contributed by atoms with Gasteiger partial charge in [-0.15, -0.1) is 0 Å². The van der Waals surface area contributed by atoms with E-state index in [9.17, 15) is 0 Å².